The molecule has 0 spiro atoms. The standard InChI is InChI=1S/C16H28N4O4S2/c1-4-20-12-6-5-7-15(20)13-17-25(21,22)16-10-8-14(9-11-16)18-26(23,24)19(2)3/h8-11,15,17-18H,4-7,12-13H2,1-3H3. The summed E-state index contributed by atoms with van der Waals surface area (Å²) >= 11 is 0. The SMILES string of the molecule is CCN1CCCCC1CNS(=O)(=O)c1ccc(NS(=O)(=O)N(C)C)cc1. The predicted octanol–water partition coefficient (Wildman–Crippen LogP) is 1.06. The normalized spacial score (nSPS) is 19.6. The van der Waals surface area contributed by atoms with Crippen LogP contribution in [0.3, 0.4) is 0 Å². The fourth-order valence-electron chi connectivity index (χ4n) is 2.94. The van der Waals surface area contributed by atoms with Crippen LogP contribution in [0.25, 0.3) is 0 Å². The second kappa shape index (κ2) is 8.66. The quantitative estimate of drug-likeness (QED) is 0.675. The number of rotatable bonds is 8. The highest BCUT2D eigenvalue weighted by atomic mass is 32.2. The van der Waals surface area contributed by atoms with E-state index >= 15 is 0 Å². The molecule has 1 unspecified atom stereocenters. The maximum atomic E-state index is 12.5. The molecule has 1 atom stereocenters. The van der Waals surface area contributed by atoms with Gasteiger partial charge in [0.15, 0.2) is 0 Å². The first-order chi connectivity index (χ1) is 12.2. The number of benzene rings is 1. The average Bonchev–Trinajstić information content (AvgIpc) is 2.60. The highest BCUT2D eigenvalue weighted by Crippen LogP contribution is 2.18. The molecule has 10 heteroatoms. The number of hydrogen-bond donors (Lipinski definition) is 2. The van der Waals surface area contributed by atoms with Crippen LogP contribution in [-0.2, 0) is 20.2 Å². The van der Waals surface area contributed by atoms with Gasteiger partial charge in [0.25, 0.3) is 0 Å². The number of likely N-dealkylation sites (N-methyl/N-ethyl adjacent to an activating group) is 1. The van der Waals surface area contributed by atoms with Gasteiger partial charge in [-0.15, -0.1) is 0 Å². The highest BCUT2D eigenvalue weighted by molar-refractivity contribution is 7.90. The Morgan fingerprint density at radius 3 is 2.35 bits per heavy atom. The van der Waals surface area contributed by atoms with E-state index in [9.17, 15) is 16.8 Å². The zero-order valence-corrected chi connectivity index (χ0v) is 17.1. The minimum Gasteiger partial charge on any atom is -0.299 e. The van der Waals surface area contributed by atoms with Crippen LogP contribution in [0.15, 0.2) is 29.2 Å². The third-order valence-corrected chi connectivity index (χ3v) is 7.45. The Kier molecular flexibility index (Phi) is 7.03. The minimum atomic E-state index is -3.63. The van der Waals surface area contributed by atoms with Crippen molar-refractivity contribution in [3.8, 4) is 0 Å². The Morgan fingerprint density at radius 1 is 1.12 bits per heavy atom. The molecule has 2 N–H and O–H groups in total. The Morgan fingerprint density at radius 2 is 1.77 bits per heavy atom. The number of likely N-dealkylation sites (tertiary alicyclic amines) is 1. The van der Waals surface area contributed by atoms with Gasteiger partial charge in [0.2, 0.25) is 10.0 Å². The second-order valence-electron chi connectivity index (χ2n) is 6.54. The van der Waals surface area contributed by atoms with Gasteiger partial charge in [-0.25, -0.2) is 13.1 Å². The summed E-state index contributed by atoms with van der Waals surface area (Å²) in [5.74, 6) is 0. The number of anilines is 1. The van der Waals surface area contributed by atoms with E-state index in [2.05, 4.69) is 21.3 Å². The molecule has 148 valence electrons. The van der Waals surface area contributed by atoms with Gasteiger partial charge in [-0.3, -0.25) is 9.62 Å². The molecule has 1 heterocycles. The van der Waals surface area contributed by atoms with E-state index in [1.54, 1.807) is 0 Å². The van der Waals surface area contributed by atoms with E-state index < -0.39 is 20.2 Å². The lowest BCUT2D eigenvalue weighted by molar-refractivity contribution is 0.158. The fourth-order valence-corrected chi connectivity index (χ4v) is 4.63. The van der Waals surface area contributed by atoms with Crippen molar-refractivity contribution in [1.29, 1.82) is 0 Å². The van der Waals surface area contributed by atoms with Gasteiger partial charge in [-0.2, -0.15) is 12.7 Å². The number of piperidine rings is 1. The van der Waals surface area contributed by atoms with E-state index in [4.69, 9.17) is 0 Å². The Balaban J connectivity index is 2.02. The molecule has 1 aliphatic rings. The molecular weight excluding hydrogens is 376 g/mol. The van der Waals surface area contributed by atoms with Gasteiger partial charge in [-0.05, 0) is 50.2 Å². The molecule has 0 aliphatic carbocycles. The first-order valence-electron chi connectivity index (χ1n) is 8.70. The molecule has 0 bridgehead atoms. The summed E-state index contributed by atoms with van der Waals surface area (Å²) in [4.78, 5) is 2.41. The van der Waals surface area contributed by atoms with Crippen molar-refractivity contribution in [2.45, 2.75) is 37.1 Å². The molecule has 1 aromatic rings. The van der Waals surface area contributed by atoms with E-state index in [1.807, 2.05) is 0 Å². The van der Waals surface area contributed by atoms with Crippen LogP contribution in [0, 0.1) is 0 Å². The van der Waals surface area contributed by atoms with E-state index in [1.165, 1.54) is 38.4 Å². The lowest BCUT2D eigenvalue weighted by atomic mass is 10.0. The van der Waals surface area contributed by atoms with Gasteiger partial charge in [0.1, 0.15) is 0 Å². The van der Waals surface area contributed by atoms with Crippen LogP contribution in [0.1, 0.15) is 26.2 Å². The molecule has 1 saturated heterocycles. The maximum Gasteiger partial charge on any atom is 0.301 e. The Hall–Kier alpha value is -1.20. The number of hydrogen-bond acceptors (Lipinski definition) is 5. The largest absolute Gasteiger partial charge is 0.301 e. The van der Waals surface area contributed by atoms with E-state index in [-0.39, 0.29) is 10.9 Å². The second-order valence-corrected chi connectivity index (χ2v) is 10.2. The molecule has 8 nitrogen and oxygen atoms in total. The fraction of sp³-hybridized carbons (Fsp3) is 0.625. The van der Waals surface area contributed by atoms with Crippen molar-refractivity contribution >= 4 is 25.9 Å². The van der Waals surface area contributed by atoms with Crippen LogP contribution >= 0.6 is 0 Å². The molecule has 0 radical (unpaired) electrons. The molecule has 1 fully saturated rings. The molecule has 1 aliphatic heterocycles. The van der Waals surface area contributed by atoms with Crippen molar-refractivity contribution in [2.75, 3.05) is 38.5 Å². The topological polar surface area (TPSA) is 98.8 Å². The summed E-state index contributed by atoms with van der Waals surface area (Å²) in [6.07, 6.45) is 3.26. The molecule has 2 rings (SSSR count). The Bertz CT molecular complexity index is 792. The number of nitrogens with one attached hydrogen (secondary N) is 2. The van der Waals surface area contributed by atoms with Gasteiger partial charge in [-0.1, -0.05) is 13.3 Å². The van der Waals surface area contributed by atoms with Gasteiger partial charge in [0.05, 0.1) is 4.90 Å². The van der Waals surface area contributed by atoms with E-state index in [0.29, 0.717) is 12.2 Å². The molecule has 0 amide bonds. The van der Waals surface area contributed by atoms with Crippen LogP contribution in [-0.4, -0.2) is 65.8 Å². The van der Waals surface area contributed by atoms with E-state index in [0.717, 1.165) is 36.7 Å². The lowest BCUT2D eigenvalue weighted by Crippen LogP contribution is -2.46. The van der Waals surface area contributed by atoms with Crippen LogP contribution in [0.4, 0.5) is 5.69 Å². The van der Waals surface area contributed by atoms with Crippen LogP contribution in [0.2, 0.25) is 0 Å². The third kappa shape index (κ3) is 5.40. The van der Waals surface area contributed by atoms with Crippen molar-refractivity contribution in [3.63, 3.8) is 0 Å². The molecular formula is C16H28N4O4S2. The first kappa shape index (κ1) is 21.1. The molecule has 26 heavy (non-hydrogen) atoms. The van der Waals surface area contributed by atoms with Gasteiger partial charge in [0, 0.05) is 32.4 Å². The van der Waals surface area contributed by atoms with Gasteiger partial charge >= 0.3 is 10.2 Å². The number of nitrogens with zero attached hydrogens (tertiary/aromatic N) is 2. The summed E-state index contributed by atoms with van der Waals surface area (Å²) < 4.78 is 54.7. The monoisotopic (exact) mass is 404 g/mol. The van der Waals surface area contributed by atoms with Crippen molar-refractivity contribution < 1.29 is 16.8 Å². The predicted molar refractivity (Wildman–Crippen MR) is 103 cm³/mol. The lowest BCUT2D eigenvalue weighted by Gasteiger charge is -2.34. The third-order valence-electron chi connectivity index (χ3n) is 4.56. The summed E-state index contributed by atoms with van der Waals surface area (Å²) in [5.41, 5.74) is 0.307. The van der Waals surface area contributed by atoms with Crippen LogP contribution in [0.5, 0.6) is 0 Å². The average molecular weight is 405 g/mol. The maximum absolute atomic E-state index is 12.5. The number of sulfonamides is 1. The molecule has 1 aromatic carbocycles. The molecule has 0 aromatic heterocycles. The zero-order chi connectivity index (χ0) is 19.4. The first-order valence-corrected chi connectivity index (χ1v) is 11.6. The highest BCUT2D eigenvalue weighted by Gasteiger charge is 2.23. The summed E-state index contributed by atoms with van der Waals surface area (Å²) in [7, 11) is -4.43. The summed E-state index contributed by atoms with van der Waals surface area (Å²) in [6.45, 7) is 4.38. The summed E-state index contributed by atoms with van der Waals surface area (Å²) in [6, 6.07) is 5.89. The summed E-state index contributed by atoms with van der Waals surface area (Å²) in [5, 5.41) is 0. The van der Waals surface area contributed by atoms with Crippen molar-refractivity contribution in [3.05, 3.63) is 24.3 Å². The van der Waals surface area contributed by atoms with Gasteiger partial charge < -0.3 is 0 Å². The minimum absolute atomic E-state index is 0.115. The van der Waals surface area contributed by atoms with Crippen molar-refractivity contribution in [1.82, 2.24) is 13.9 Å². The van der Waals surface area contributed by atoms with Crippen LogP contribution < -0.4 is 9.44 Å². The van der Waals surface area contributed by atoms with Crippen molar-refractivity contribution in [2.24, 2.45) is 0 Å². The zero-order valence-electron chi connectivity index (χ0n) is 15.5. The Labute approximate surface area is 156 Å². The molecule has 0 saturated carbocycles. The smallest absolute Gasteiger partial charge is 0.299 e.